The summed E-state index contributed by atoms with van der Waals surface area (Å²) in [6.07, 6.45) is 0. The second-order valence-electron chi connectivity index (χ2n) is 10.4. The molecule has 6 N–H and O–H groups in total. The number of amides is 1. The Morgan fingerprint density at radius 3 is 1.96 bits per heavy atom. The van der Waals surface area contributed by atoms with Crippen molar-refractivity contribution in [3.63, 3.8) is 0 Å². The Morgan fingerprint density at radius 1 is 0.700 bits per heavy atom. The van der Waals surface area contributed by atoms with Crippen LogP contribution in [0.15, 0.2) is 109 Å². The number of benzene rings is 5. The number of aromatic hydroxyl groups is 1. The summed E-state index contributed by atoms with van der Waals surface area (Å²) in [5, 5.41) is 29.0. The van der Waals surface area contributed by atoms with Crippen molar-refractivity contribution in [2.24, 2.45) is 10.2 Å². The van der Waals surface area contributed by atoms with Gasteiger partial charge in [-0.1, -0.05) is 30.3 Å². The Bertz CT molecular complexity index is 2700. The predicted octanol–water partition coefficient (Wildman–Crippen LogP) is 3.87. The van der Waals surface area contributed by atoms with Crippen LogP contribution in [0.4, 0.5) is 17.1 Å². The van der Waals surface area contributed by atoms with Crippen LogP contribution in [0, 0.1) is 0 Å². The van der Waals surface area contributed by atoms with E-state index in [9.17, 15) is 57.2 Å². The molecular formula is C29H23N3O14S4. The van der Waals surface area contributed by atoms with E-state index in [-0.39, 0.29) is 16.3 Å². The first-order valence-electron chi connectivity index (χ1n) is 13.7. The first-order chi connectivity index (χ1) is 23.2. The van der Waals surface area contributed by atoms with Crippen LogP contribution in [0.3, 0.4) is 0 Å². The monoisotopic (exact) mass is 765 g/mol. The van der Waals surface area contributed by atoms with Gasteiger partial charge in [-0.2, -0.15) is 25.3 Å². The van der Waals surface area contributed by atoms with Crippen molar-refractivity contribution >= 4 is 84.7 Å². The number of azo groups is 1. The molecule has 17 nitrogen and oxygen atoms in total. The molecule has 0 atom stereocenters. The van der Waals surface area contributed by atoms with Gasteiger partial charge in [-0.3, -0.25) is 18.5 Å². The number of carbonyl (C=O) groups excluding carboxylic acids is 1. The van der Waals surface area contributed by atoms with E-state index >= 15 is 0 Å². The summed E-state index contributed by atoms with van der Waals surface area (Å²) in [4.78, 5) is 9.55. The number of aliphatic hydroxyl groups is 1. The lowest BCUT2D eigenvalue weighted by atomic mass is 10.1. The Labute approximate surface area is 283 Å². The summed E-state index contributed by atoms with van der Waals surface area (Å²) in [5.41, 5.74) is -2.17. The minimum atomic E-state index is -5.35. The summed E-state index contributed by atoms with van der Waals surface area (Å²) in [6.45, 7) is -0.750. The van der Waals surface area contributed by atoms with Gasteiger partial charge < -0.3 is 15.5 Å². The second kappa shape index (κ2) is 13.1. The van der Waals surface area contributed by atoms with Gasteiger partial charge in [-0.05, 0) is 59.3 Å². The second-order valence-corrected chi connectivity index (χ2v) is 16.7. The van der Waals surface area contributed by atoms with E-state index < -0.39 is 112 Å². The average molecular weight is 766 g/mol. The zero-order valence-electron chi connectivity index (χ0n) is 24.9. The van der Waals surface area contributed by atoms with Crippen LogP contribution < -0.4 is 5.32 Å². The van der Waals surface area contributed by atoms with Crippen LogP contribution in [-0.4, -0.2) is 75.8 Å². The number of anilines is 1. The van der Waals surface area contributed by atoms with E-state index in [1.807, 2.05) is 0 Å². The highest BCUT2D eigenvalue weighted by Crippen LogP contribution is 2.46. The van der Waals surface area contributed by atoms with Crippen molar-refractivity contribution in [1.82, 2.24) is 0 Å². The molecule has 262 valence electrons. The number of nitrogens with one attached hydrogen (secondary N) is 1. The molecule has 50 heavy (non-hydrogen) atoms. The molecule has 0 saturated carbocycles. The fourth-order valence-electron chi connectivity index (χ4n) is 4.93. The van der Waals surface area contributed by atoms with E-state index in [2.05, 4.69) is 15.5 Å². The summed E-state index contributed by atoms with van der Waals surface area (Å²) >= 11 is 0. The molecule has 5 rings (SSSR count). The molecule has 1 amide bonds. The van der Waals surface area contributed by atoms with Gasteiger partial charge in [0.25, 0.3) is 36.3 Å². The molecule has 0 saturated heterocycles. The number of hydrogen-bond acceptors (Lipinski definition) is 13. The molecule has 0 bridgehead atoms. The summed E-state index contributed by atoms with van der Waals surface area (Å²) in [7, 11) is -19.7. The molecule has 0 aliphatic rings. The van der Waals surface area contributed by atoms with Crippen molar-refractivity contribution in [3.05, 3.63) is 84.4 Å². The SMILES string of the molecule is O=C(Nc1cc(S(=O)(=O)O)cc2cc(S(=O)(=O)O)c(N=Nc3ccc4ccc(S(=O)(=O)CCO)cc4c3S(=O)(=O)O)c(O)c12)c1ccccc1. The van der Waals surface area contributed by atoms with Gasteiger partial charge in [0, 0.05) is 16.3 Å². The third kappa shape index (κ3) is 7.34. The van der Waals surface area contributed by atoms with Gasteiger partial charge in [-0.15, -0.1) is 10.2 Å². The Morgan fingerprint density at radius 2 is 1.36 bits per heavy atom. The van der Waals surface area contributed by atoms with Crippen LogP contribution in [0.25, 0.3) is 21.5 Å². The van der Waals surface area contributed by atoms with Gasteiger partial charge in [-0.25, -0.2) is 8.42 Å². The quantitative estimate of drug-likeness (QED) is 0.0869. The van der Waals surface area contributed by atoms with Crippen molar-refractivity contribution < 1.29 is 62.3 Å². The first-order valence-corrected chi connectivity index (χ1v) is 19.6. The maximum Gasteiger partial charge on any atom is 0.297 e. The molecular weight excluding hydrogens is 743 g/mol. The van der Waals surface area contributed by atoms with Crippen LogP contribution in [0.1, 0.15) is 10.4 Å². The van der Waals surface area contributed by atoms with Gasteiger partial charge in [0.1, 0.15) is 21.2 Å². The van der Waals surface area contributed by atoms with Crippen molar-refractivity contribution in [2.45, 2.75) is 19.6 Å². The van der Waals surface area contributed by atoms with Gasteiger partial charge in [0.15, 0.2) is 15.6 Å². The molecule has 0 heterocycles. The Kier molecular flexibility index (Phi) is 9.55. The number of sulfone groups is 1. The van der Waals surface area contributed by atoms with E-state index in [0.29, 0.717) is 6.07 Å². The van der Waals surface area contributed by atoms with Gasteiger partial charge >= 0.3 is 0 Å². The third-order valence-corrected chi connectivity index (χ3v) is 11.5. The number of hydrogen-bond donors (Lipinski definition) is 6. The number of fused-ring (bicyclic) bond motifs is 2. The molecule has 5 aromatic rings. The third-order valence-electron chi connectivity index (χ3n) is 7.14. The van der Waals surface area contributed by atoms with Gasteiger partial charge in [0.05, 0.1) is 27.8 Å². The van der Waals surface area contributed by atoms with E-state index in [4.69, 9.17) is 5.11 Å². The maximum absolute atomic E-state index is 13.0. The fourth-order valence-corrected chi connectivity index (χ4v) is 8.01. The molecule has 5 aromatic carbocycles. The lowest BCUT2D eigenvalue weighted by molar-refractivity contribution is 0.102. The number of phenols is 1. The number of phenolic OH excluding ortho intramolecular Hbond substituents is 1. The minimum absolute atomic E-state index is 0.0632. The predicted molar refractivity (Wildman–Crippen MR) is 177 cm³/mol. The van der Waals surface area contributed by atoms with Crippen molar-refractivity contribution in [2.75, 3.05) is 17.7 Å². The topological polar surface area (TPSA) is 292 Å². The van der Waals surface area contributed by atoms with Crippen molar-refractivity contribution in [3.8, 4) is 5.75 Å². The summed E-state index contributed by atoms with van der Waals surface area (Å²) in [5.74, 6) is -2.68. The number of rotatable bonds is 10. The molecule has 0 spiro atoms. The highest BCUT2D eigenvalue weighted by atomic mass is 32.2. The molecule has 21 heteroatoms. The van der Waals surface area contributed by atoms with Crippen molar-refractivity contribution in [1.29, 1.82) is 0 Å². The van der Waals surface area contributed by atoms with E-state index in [1.54, 1.807) is 6.07 Å². The van der Waals surface area contributed by atoms with Crippen LogP contribution in [-0.2, 0) is 40.2 Å². The normalized spacial score (nSPS) is 12.9. The number of nitrogens with zero attached hydrogens (tertiary/aromatic N) is 2. The molecule has 0 aliphatic carbocycles. The maximum atomic E-state index is 13.0. The fraction of sp³-hybridized carbons (Fsp3) is 0.0690. The number of aliphatic hydroxyl groups excluding tert-OH is 1. The zero-order chi connectivity index (χ0) is 36.8. The lowest BCUT2D eigenvalue weighted by Gasteiger charge is -2.15. The average Bonchev–Trinajstić information content (AvgIpc) is 3.02. The van der Waals surface area contributed by atoms with E-state index in [1.165, 1.54) is 36.4 Å². The number of carbonyl (C=O) groups is 1. The molecule has 0 radical (unpaired) electrons. The largest absolute Gasteiger partial charge is 0.505 e. The Balaban J connectivity index is 1.79. The van der Waals surface area contributed by atoms with Gasteiger partial charge in [0.2, 0.25) is 0 Å². The highest BCUT2D eigenvalue weighted by Gasteiger charge is 2.27. The molecule has 0 fully saturated rings. The summed E-state index contributed by atoms with van der Waals surface area (Å²) < 4.78 is 129. The molecule has 0 unspecified atom stereocenters. The lowest BCUT2D eigenvalue weighted by Crippen LogP contribution is -2.13. The summed E-state index contributed by atoms with van der Waals surface area (Å²) in [6, 6.07) is 15.0. The smallest absolute Gasteiger partial charge is 0.297 e. The molecule has 0 aliphatic heterocycles. The minimum Gasteiger partial charge on any atom is -0.505 e. The Hall–Kier alpha value is -4.87. The van der Waals surface area contributed by atoms with Crippen LogP contribution in [0.5, 0.6) is 5.75 Å². The molecule has 0 aromatic heterocycles. The van der Waals surface area contributed by atoms with Crippen LogP contribution in [0.2, 0.25) is 0 Å². The highest BCUT2D eigenvalue weighted by molar-refractivity contribution is 7.91. The van der Waals surface area contributed by atoms with Crippen LogP contribution >= 0.6 is 0 Å². The standard InChI is InChI=1S/C29H23N3O14S4/c33-10-11-47(36,37)19-8-6-16-7-9-22(28(21(16)14-19)50(44,45)46)31-32-26-24(49(41,42)43)13-18-12-20(48(38,39)40)15-23(25(18)27(26)34)30-29(35)17-4-2-1-3-5-17/h1-9,12-15,33-34H,10-11H2,(H,30,35)(H,38,39,40)(H,41,42,43)(H,44,45,46). The van der Waals surface area contributed by atoms with E-state index in [0.717, 1.165) is 30.3 Å². The first kappa shape index (κ1) is 36.4. The zero-order valence-corrected chi connectivity index (χ0v) is 28.1.